The predicted molar refractivity (Wildman–Crippen MR) is 181 cm³/mol. The minimum atomic E-state index is -1.29. The molecule has 3 aromatic heterocycles. The van der Waals surface area contributed by atoms with Crippen molar-refractivity contribution in [3.63, 3.8) is 0 Å². The van der Waals surface area contributed by atoms with Gasteiger partial charge in [0.2, 0.25) is 5.95 Å². The topological polar surface area (TPSA) is 166 Å². The van der Waals surface area contributed by atoms with Crippen LogP contribution >= 0.6 is 0 Å². The molecular weight excluding hydrogens is 626 g/mol. The molecule has 0 spiro atoms. The molecule has 2 aromatic carbocycles. The van der Waals surface area contributed by atoms with Crippen LogP contribution in [-0.4, -0.2) is 91.1 Å². The molecule has 14 heteroatoms. The molecule has 0 bridgehead atoms. The van der Waals surface area contributed by atoms with Crippen molar-refractivity contribution >= 4 is 29.4 Å². The molecule has 0 aliphatic carbocycles. The van der Waals surface area contributed by atoms with E-state index < -0.39 is 24.5 Å². The number of fused-ring (bicyclic) bond motifs is 1. The highest BCUT2D eigenvalue weighted by atomic mass is 16.6. The van der Waals surface area contributed by atoms with Crippen LogP contribution in [0.4, 0.5) is 11.8 Å². The van der Waals surface area contributed by atoms with E-state index in [1.165, 1.54) is 30.4 Å². The first kappa shape index (κ1) is 32.6. The number of aliphatic hydroxyl groups is 1. The van der Waals surface area contributed by atoms with E-state index in [4.69, 9.17) is 24.0 Å². The lowest BCUT2D eigenvalue weighted by Crippen LogP contribution is -2.34. The van der Waals surface area contributed by atoms with E-state index >= 15 is 0 Å². The minimum Gasteiger partial charge on any atom is -0.458 e. The summed E-state index contributed by atoms with van der Waals surface area (Å²) in [5.74, 6) is 1.57. The fraction of sp³-hybridized carbons (Fsp3) is 0.429. The molecule has 0 radical (unpaired) electrons. The lowest BCUT2D eigenvalue weighted by molar-refractivity contribution is -0.140. The number of nitrogens with zero attached hydrogens (tertiary/aromatic N) is 7. The number of aliphatic hydroxyl groups excluding tert-OH is 1. The van der Waals surface area contributed by atoms with E-state index in [2.05, 4.69) is 54.9 Å². The molecule has 5 heterocycles. The number of anilines is 2. The molecule has 2 aliphatic rings. The molecule has 5 aromatic rings. The smallest absolute Gasteiger partial charge is 0.293 e. The number of ether oxygens (including phenoxy) is 2. The SMILES string of the molecule is CCc1noc([C@H]2O[C@@H](n3cnc4c(NCC(c5ccccc5)c5ccccc5)nc(NCCN5CCCCC5)nc43)[C@H](O)[C@@H]2OC=O)n1. The van der Waals surface area contributed by atoms with Crippen LogP contribution in [0.15, 0.2) is 71.5 Å². The van der Waals surface area contributed by atoms with Crippen molar-refractivity contribution in [2.45, 2.75) is 63.1 Å². The van der Waals surface area contributed by atoms with Gasteiger partial charge in [-0.1, -0.05) is 79.2 Å². The summed E-state index contributed by atoms with van der Waals surface area (Å²) in [5, 5.41) is 22.4. The number of aryl methyl sites for hydroxylation is 1. The van der Waals surface area contributed by atoms with Gasteiger partial charge in [0.05, 0.1) is 6.33 Å². The van der Waals surface area contributed by atoms with Crippen molar-refractivity contribution in [2.24, 2.45) is 0 Å². The number of rotatable bonds is 14. The Morgan fingerprint density at radius 2 is 1.73 bits per heavy atom. The average molecular weight is 668 g/mol. The van der Waals surface area contributed by atoms with Crippen LogP contribution in [0, 0.1) is 0 Å². The summed E-state index contributed by atoms with van der Waals surface area (Å²) in [6, 6.07) is 20.7. The predicted octanol–water partition coefficient (Wildman–Crippen LogP) is 4.09. The monoisotopic (exact) mass is 667 g/mol. The Morgan fingerprint density at radius 3 is 2.41 bits per heavy atom. The average Bonchev–Trinajstić information content (AvgIpc) is 3.88. The molecule has 49 heavy (non-hydrogen) atoms. The number of aromatic nitrogens is 6. The highest BCUT2D eigenvalue weighted by molar-refractivity contribution is 5.84. The summed E-state index contributed by atoms with van der Waals surface area (Å²) in [7, 11) is 0. The van der Waals surface area contributed by atoms with Gasteiger partial charge in [0, 0.05) is 32.0 Å². The largest absolute Gasteiger partial charge is 0.458 e. The van der Waals surface area contributed by atoms with Gasteiger partial charge in [-0.15, -0.1) is 0 Å². The number of hydrogen-bond donors (Lipinski definition) is 3. The van der Waals surface area contributed by atoms with Gasteiger partial charge in [-0.05, 0) is 37.1 Å². The Morgan fingerprint density at radius 1 is 1.00 bits per heavy atom. The fourth-order valence-electron chi connectivity index (χ4n) is 6.63. The number of benzene rings is 2. The molecule has 256 valence electrons. The maximum atomic E-state index is 11.5. The molecule has 3 N–H and O–H groups in total. The van der Waals surface area contributed by atoms with Gasteiger partial charge < -0.3 is 34.6 Å². The molecule has 4 atom stereocenters. The minimum absolute atomic E-state index is 0.0365. The Hall–Kier alpha value is -4.92. The van der Waals surface area contributed by atoms with Crippen molar-refractivity contribution in [3.8, 4) is 0 Å². The van der Waals surface area contributed by atoms with E-state index in [0.717, 1.165) is 19.6 Å². The van der Waals surface area contributed by atoms with Crippen LogP contribution in [-0.2, 0) is 20.7 Å². The summed E-state index contributed by atoms with van der Waals surface area (Å²) in [6.45, 7) is 6.41. The number of carbonyl (C=O) groups is 1. The quantitative estimate of drug-likeness (QED) is 0.145. The highest BCUT2D eigenvalue weighted by Gasteiger charge is 2.50. The molecule has 0 saturated carbocycles. The summed E-state index contributed by atoms with van der Waals surface area (Å²) >= 11 is 0. The van der Waals surface area contributed by atoms with Crippen LogP contribution < -0.4 is 10.6 Å². The van der Waals surface area contributed by atoms with Crippen molar-refractivity contribution in [1.29, 1.82) is 0 Å². The molecular formula is C35H41N9O5. The van der Waals surface area contributed by atoms with Crippen LogP contribution in [0.1, 0.15) is 67.3 Å². The summed E-state index contributed by atoms with van der Waals surface area (Å²) < 4.78 is 18.6. The van der Waals surface area contributed by atoms with Crippen molar-refractivity contribution < 1.29 is 23.9 Å². The van der Waals surface area contributed by atoms with Crippen LogP contribution in [0.25, 0.3) is 11.2 Å². The van der Waals surface area contributed by atoms with Gasteiger partial charge in [0.15, 0.2) is 41.2 Å². The van der Waals surface area contributed by atoms with Gasteiger partial charge in [-0.25, -0.2) is 4.98 Å². The maximum Gasteiger partial charge on any atom is 0.293 e. The first-order valence-electron chi connectivity index (χ1n) is 16.9. The molecule has 2 fully saturated rings. The van der Waals surface area contributed by atoms with Crippen molar-refractivity contribution in [1.82, 2.24) is 34.6 Å². The molecule has 2 saturated heterocycles. The van der Waals surface area contributed by atoms with Crippen LogP contribution in [0.3, 0.4) is 0 Å². The highest BCUT2D eigenvalue weighted by Crippen LogP contribution is 2.41. The van der Waals surface area contributed by atoms with Crippen molar-refractivity contribution in [3.05, 3.63) is 89.8 Å². The third-order valence-electron chi connectivity index (χ3n) is 9.20. The molecule has 14 nitrogen and oxygen atoms in total. The lowest BCUT2D eigenvalue weighted by atomic mass is 9.91. The third kappa shape index (κ3) is 7.12. The lowest BCUT2D eigenvalue weighted by Gasteiger charge is -2.26. The number of hydrogen-bond acceptors (Lipinski definition) is 13. The number of piperidine rings is 1. The normalized spacial score (nSPS) is 21.3. The zero-order valence-electron chi connectivity index (χ0n) is 27.4. The Kier molecular flexibility index (Phi) is 10.1. The van der Waals surface area contributed by atoms with Gasteiger partial charge in [-0.2, -0.15) is 15.0 Å². The molecule has 0 unspecified atom stereocenters. The summed E-state index contributed by atoms with van der Waals surface area (Å²) in [6.07, 6.45) is 1.39. The molecule has 2 aliphatic heterocycles. The first-order valence-corrected chi connectivity index (χ1v) is 16.9. The summed E-state index contributed by atoms with van der Waals surface area (Å²) in [4.78, 5) is 32.7. The second-order valence-corrected chi connectivity index (χ2v) is 12.3. The van der Waals surface area contributed by atoms with Gasteiger partial charge >= 0.3 is 0 Å². The number of carbonyl (C=O) groups excluding carboxylic acids is 1. The van der Waals surface area contributed by atoms with E-state index in [1.54, 1.807) is 10.9 Å². The second-order valence-electron chi connectivity index (χ2n) is 12.3. The zero-order chi connectivity index (χ0) is 33.6. The maximum absolute atomic E-state index is 11.5. The van der Waals surface area contributed by atoms with E-state index in [9.17, 15) is 9.90 Å². The van der Waals surface area contributed by atoms with Crippen LogP contribution in [0.2, 0.25) is 0 Å². The molecule has 0 amide bonds. The number of imidazole rings is 1. The third-order valence-corrected chi connectivity index (χ3v) is 9.20. The van der Waals surface area contributed by atoms with Crippen LogP contribution in [0.5, 0.6) is 0 Å². The van der Waals surface area contributed by atoms with Gasteiger partial charge in [-0.3, -0.25) is 9.36 Å². The van der Waals surface area contributed by atoms with Gasteiger partial charge in [0.25, 0.3) is 12.4 Å². The Labute approximate surface area is 283 Å². The van der Waals surface area contributed by atoms with E-state index in [0.29, 0.717) is 48.3 Å². The molecule has 7 rings (SSSR count). The fourth-order valence-corrected chi connectivity index (χ4v) is 6.63. The zero-order valence-corrected chi connectivity index (χ0v) is 27.4. The number of nitrogens with one attached hydrogen (secondary N) is 2. The Bertz CT molecular complexity index is 1770. The summed E-state index contributed by atoms with van der Waals surface area (Å²) in [5.41, 5.74) is 3.26. The van der Waals surface area contributed by atoms with Crippen molar-refractivity contribution in [2.75, 3.05) is 43.4 Å². The van der Waals surface area contributed by atoms with E-state index in [-0.39, 0.29) is 18.3 Å². The Balaban J connectivity index is 1.21. The van der Waals surface area contributed by atoms with Gasteiger partial charge in [0.1, 0.15) is 6.10 Å². The van der Waals surface area contributed by atoms with E-state index in [1.807, 2.05) is 43.3 Å². The first-order chi connectivity index (χ1) is 24.1. The second kappa shape index (κ2) is 15.1. The standard InChI is InChI=1S/C35H41N9O5/c1-2-26-39-33(49-42-26)30-29(47-22-45)28(46)34(48-30)44-21-38-27-31(40-35(41-32(27)44)36-16-19-43-17-10-5-11-18-43)37-20-25(23-12-6-3-7-13-23)24-14-8-4-9-15-24/h3-4,6-9,12-15,21-22,25,28-30,34,46H,2,5,10-11,16-20H2,1H3,(H2,36,37,40,41)/t28-,29+,30+,34-/m1/s1. The number of likely N-dealkylation sites (tertiary alicyclic amines) is 1.